The summed E-state index contributed by atoms with van der Waals surface area (Å²) in [6, 6.07) is 6.72. The fourth-order valence-corrected chi connectivity index (χ4v) is 3.17. The molecule has 0 bridgehead atoms. The van der Waals surface area contributed by atoms with Gasteiger partial charge in [-0.3, -0.25) is 4.79 Å². The Bertz CT molecular complexity index is 871. The number of nitriles is 1. The molecule has 1 heterocycles. The van der Waals surface area contributed by atoms with Gasteiger partial charge in [-0.1, -0.05) is 29.3 Å². The van der Waals surface area contributed by atoms with Gasteiger partial charge in [-0.15, -0.1) is 11.3 Å². The molecule has 0 N–H and O–H groups in total. The van der Waals surface area contributed by atoms with E-state index < -0.39 is 24.3 Å². The molecule has 1 atom stereocenters. The average molecular weight is 395 g/mol. The largest absolute Gasteiger partial charge is 0.454 e. The number of ether oxygens (including phenoxy) is 1. The van der Waals surface area contributed by atoms with Crippen molar-refractivity contribution in [3.8, 4) is 6.07 Å². The number of Topliss-reactive ketones (excluding diaryl/α,β-unsaturated/α-hetero) is 1. The van der Waals surface area contributed by atoms with Crippen LogP contribution in [0.4, 0.5) is 0 Å². The number of hydrogen-bond acceptors (Lipinski definition) is 6. The first-order valence-corrected chi connectivity index (χ1v) is 8.68. The van der Waals surface area contributed by atoms with Crippen molar-refractivity contribution in [2.45, 2.75) is 12.8 Å². The van der Waals surface area contributed by atoms with Crippen LogP contribution in [-0.4, -0.2) is 23.3 Å². The first-order valence-electron chi connectivity index (χ1n) is 7.05. The molecule has 5 nitrogen and oxygen atoms in total. The van der Waals surface area contributed by atoms with E-state index in [0.29, 0.717) is 20.6 Å². The molecule has 0 aliphatic carbocycles. The van der Waals surface area contributed by atoms with E-state index in [2.05, 4.69) is 4.98 Å². The van der Waals surface area contributed by atoms with E-state index in [4.69, 9.17) is 33.2 Å². The molecule has 0 saturated carbocycles. The smallest absolute Gasteiger partial charge is 0.331 e. The summed E-state index contributed by atoms with van der Waals surface area (Å²) in [7, 11) is 0. The quantitative estimate of drug-likeness (QED) is 0.541. The fraction of sp³-hybridized carbons (Fsp3) is 0.176. The highest BCUT2D eigenvalue weighted by Gasteiger charge is 2.24. The minimum Gasteiger partial charge on any atom is -0.454 e. The molecule has 1 aromatic heterocycles. The number of aromatic nitrogens is 1. The zero-order valence-corrected chi connectivity index (χ0v) is 15.4. The molecule has 0 spiro atoms. The molecular weight excluding hydrogens is 383 g/mol. The van der Waals surface area contributed by atoms with Crippen LogP contribution in [0.25, 0.3) is 6.08 Å². The summed E-state index contributed by atoms with van der Waals surface area (Å²) in [5, 5.41) is 12.2. The summed E-state index contributed by atoms with van der Waals surface area (Å²) in [5.41, 5.74) is 1.32. The third-order valence-electron chi connectivity index (χ3n) is 3.05. The molecule has 0 radical (unpaired) electrons. The van der Waals surface area contributed by atoms with E-state index in [9.17, 15) is 9.59 Å². The summed E-state index contributed by atoms with van der Waals surface area (Å²) in [4.78, 5) is 27.9. The maximum atomic E-state index is 12.1. The van der Waals surface area contributed by atoms with Crippen molar-refractivity contribution in [3.63, 3.8) is 0 Å². The van der Waals surface area contributed by atoms with E-state index in [-0.39, 0.29) is 0 Å². The highest BCUT2D eigenvalue weighted by Crippen LogP contribution is 2.22. The van der Waals surface area contributed by atoms with Crippen LogP contribution in [0.3, 0.4) is 0 Å². The van der Waals surface area contributed by atoms with Gasteiger partial charge in [0.15, 0.2) is 18.3 Å². The number of hydrogen-bond donors (Lipinski definition) is 0. The fourth-order valence-electron chi connectivity index (χ4n) is 1.84. The molecule has 2 rings (SSSR count). The van der Waals surface area contributed by atoms with Gasteiger partial charge in [0.05, 0.1) is 6.07 Å². The van der Waals surface area contributed by atoms with Gasteiger partial charge in [0.25, 0.3) is 0 Å². The summed E-state index contributed by atoms with van der Waals surface area (Å²) < 4.78 is 4.88. The van der Waals surface area contributed by atoms with Crippen molar-refractivity contribution in [2.75, 3.05) is 6.61 Å². The number of aryl methyl sites for hydroxylation is 1. The van der Waals surface area contributed by atoms with Crippen molar-refractivity contribution in [1.82, 2.24) is 4.98 Å². The molecule has 128 valence electrons. The summed E-state index contributed by atoms with van der Waals surface area (Å²) in [6.45, 7) is 1.26. The van der Waals surface area contributed by atoms with Crippen molar-refractivity contribution >= 4 is 52.4 Å². The van der Waals surface area contributed by atoms with Crippen LogP contribution < -0.4 is 0 Å². The Morgan fingerprint density at radius 1 is 1.44 bits per heavy atom. The van der Waals surface area contributed by atoms with Crippen LogP contribution in [0.2, 0.25) is 10.0 Å². The van der Waals surface area contributed by atoms with Crippen LogP contribution in [0, 0.1) is 18.3 Å². The summed E-state index contributed by atoms with van der Waals surface area (Å²) >= 11 is 13.0. The van der Waals surface area contributed by atoms with Crippen LogP contribution in [0.1, 0.15) is 22.2 Å². The Morgan fingerprint density at radius 3 is 2.80 bits per heavy atom. The van der Waals surface area contributed by atoms with Gasteiger partial charge in [0, 0.05) is 27.2 Å². The number of ketones is 1. The van der Waals surface area contributed by atoms with E-state index in [1.165, 1.54) is 17.4 Å². The second-order valence-electron chi connectivity index (χ2n) is 4.96. The minimum absolute atomic E-state index is 0.385. The third kappa shape index (κ3) is 5.40. The van der Waals surface area contributed by atoms with Crippen LogP contribution in [0.5, 0.6) is 0 Å². The molecule has 0 aliphatic heterocycles. The van der Waals surface area contributed by atoms with Gasteiger partial charge < -0.3 is 4.74 Å². The number of halogens is 2. The van der Waals surface area contributed by atoms with Crippen LogP contribution >= 0.6 is 34.5 Å². The third-order valence-corrected chi connectivity index (χ3v) is 4.64. The second kappa shape index (κ2) is 8.77. The minimum atomic E-state index is -1.04. The number of carbonyl (C=O) groups excluding carboxylic acids is 2. The number of rotatable bonds is 6. The Hall–Kier alpha value is -2.20. The standard InChI is InChI=1S/C17H12Cl2N2O3S/c1-10-9-25-17(21-10)13(7-20)15(22)8-24-16(23)5-3-11-2-4-12(18)6-14(11)19/h2-6,9,13H,8H2,1H3/b5-3+/t13-/m0/s1. The lowest BCUT2D eigenvalue weighted by Gasteiger charge is -2.05. The molecule has 0 fully saturated rings. The lowest BCUT2D eigenvalue weighted by molar-refractivity contribution is -0.143. The van der Waals surface area contributed by atoms with E-state index in [0.717, 1.165) is 11.8 Å². The predicted molar refractivity (Wildman–Crippen MR) is 96.7 cm³/mol. The Kier molecular flexibility index (Phi) is 6.71. The van der Waals surface area contributed by atoms with Crippen molar-refractivity contribution in [2.24, 2.45) is 0 Å². The second-order valence-corrected chi connectivity index (χ2v) is 6.70. The zero-order valence-electron chi connectivity index (χ0n) is 13.0. The van der Waals surface area contributed by atoms with Gasteiger partial charge in [-0.05, 0) is 30.7 Å². The van der Waals surface area contributed by atoms with Crippen molar-refractivity contribution in [1.29, 1.82) is 5.26 Å². The zero-order chi connectivity index (χ0) is 18.4. The maximum Gasteiger partial charge on any atom is 0.331 e. The molecule has 0 amide bonds. The summed E-state index contributed by atoms with van der Waals surface area (Å²) in [5.74, 6) is -2.28. The number of carbonyl (C=O) groups is 2. The summed E-state index contributed by atoms with van der Waals surface area (Å²) in [6.07, 6.45) is 2.61. The molecule has 2 aromatic rings. The highest BCUT2D eigenvalue weighted by molar-refractivity contribution is 7.09. The van der Waals surface area contributed by atoms with Gasteiger partial charge in [0.2, 0.25) is 0 Å². The van der Waals surface area contributed by atoms with Crippen LogP contribution in [0.15, 0.2) is 29.7 Å². The SMILES string of the molecule is Cc1csc([C@@H](C#N)C(=O)COC(=O)/C=C/c2ccc(Cl)cc2Cl)n1. The van der Waals surface area contributed by atoms with E-state index in [1.807, 2.05) is 6.07 Å². The van der Waals surface area contributed by atoms with Gasteiger partial charge >= 0.3 is 5.97 Å². The first-order chi connectivity index (χ1) is 11.9. The molecule has 25 heavy (non-hydrogen) atoms. The molecule has 0 aliphatic rings. The highest BCUT2D eigenvalue weighted by atomic mass is 35.5. The average Bonchev–Trinajstić information content (AvgIpc) is 2.99. The number of thiazole rings is 1. The molecule has 0 unspecified atom stereocenters. The Labute approximate surface area is 158 Å². The first kappa shape index (κ1) is 19.1. The van der Waals surface area contributed by atoms with Crippen LogP contribution in [-0.2, 0) is 14.3 Å². The van der Waals surface area contributed by atoms with Gasteiger partial charge in [-0.25, -0.2) is 9.78 Å². The number of benzene rings is 1. The number of nitrogens with zero attached hydrogens (tertiary/aromatic N) is 2. The lowest BCUT2D eigenvalue weighted by Crippen LogP contribution is -2.19. The topological polar surface area (TPSA) is 80.0 Å². The normalized spacial score (nSPS) is 11.9. The predicted octanol–water partition coefficient (Wildman–Crippen LogP) is 4.19. The van der Waals surface area contributed by atoms with E-state index >= 15 is 0 Å². The molecule has 1 aromatic carbocycles. The van der Waals surface area contributed by atoms with Gasteiger partial charge in [-0.2, -0.15) is 5.26 Å². The lowest BCUT2D eigenvalue weighted by atomic mass is 10.1. The monoisotopic (exact) mass is 394 g/mol. The Morgan fingerprint density at radius 2 is 2.20 bits per heavy atom. The number of esters is 1. The van der Waals surface area contributed by atoms with Crippen molar-refractivity contribution in [3.05, 3.63) is 56.0 Å². The maximum absolute atomic E-state index is 12.1. The molecule has 8 heteroatoms. The Balaban J connectivity index is 1.93. The molecule has 0 saturated heterocycles. The van der Waals surface area contributed by atoms with Crippen molar-refractivity contribution < 1.29 is 14.3 Å². The van der Waals surface area contributed by atoms with Gasteiger partial charge in [0.1, 0.15) is 5.01 Å². The molecular formula is C17H12Cl2N2O3S. The van der Waals surface area contributed by atoms with E-state index in [1.54, 1.807) is 30.5 Å².